The molecule has 0 unspecified atom stereocenters. The topological polar surface area (TPSA) is 72.7 Å². The summed E-state index contributed by atoms with van der Waals surface area (Å²) in [6.45, 7) is 0. The summed E-state index contributed by atoms with van der Waals surface area (Å²) in [7, 11) is 0. The van der Waals surface area contributed by atoms with Gasteiger partial charge in [-0.1, -0.05) is 17.8 Å². The largest absolute Gasteiger partial charge is 0.301 e. The normalized spacial score (nSPS) is 13.5. The number of halogens is 1. The van der Waals surface area contributed by atoms with Crippen molar-refractivity contribution < 1.29 is 9.18 Å². The molecule has 1 aromatic carbocycles. The Morgan fingerprint density at radius 3 is 2.77 bits per heavy atom. The van der Waals surface area contributed by atoms with Crippen molar-refractivity contribution >= 4 is 45.5 Å². The van der Waals surface area contributed by atoms with Crippen molar-refractivity contribution in [2.45, 2.75) is 24.0 Å². The summed E-state index contributed by atoms with van der Waals surface area (Å²) in [6.07, 6.45) is 2.23. The smallest absolute Gasteiger partial charge is 0.236 e. The fourth-order valence-corrected chi connectivity index (χ4v) is 5.23. The monoisotopic (exact) mass is 457 g/mol. The number of amides is 1. The van der Waals surface area contributed by atoms with Gasteiger partial charge in [0, 0.05) is 17.0 Å². The maximum Gasteiger partial charge on any atom is 0.236 e. The molecule has 0 bridgehead atoms. The molecule has 1 aliphatic rings. The molecule has 152 valence electrons. The third-order valence-electron chi connectivity index (χ3n) is 4.54. The number of thiazole rings is 1. The number of carbonyl (C=O) groups is 1. The zero-order valence-electron chi connectivity index (χ0n) is 15.6. The lowest BCUT2D eigenvalue weighted by molar-refractivity contribution is -0.113. The molecule has 1 fully saturated rings. The molecule has 0 radical (unpaired) electrons. The SMILES string of the molecule is O=C(CSc1nnc(-c2cccs2)n1C1CC1)Nc1nc(-c2ccc(F)cc2)cs1. The van der Waals surface area contributed by atoms with Gasteiger partial charge < -0.3 is 5.32 Å². The Balaban J connectivity index is 1.24. The minimum Gasteiger partial charge on any atom is -0.301 e. The van der Waals surface area contributed by atoms with Gasteiger partial charge in [0.25, 0.3) is 0 Å². The number of benzene rings is 1. The molecule has 0 saturated heterocycles. The van der Waals surface area contributed by atoms with Gasteiger partial charge >= 0.3 is 0 Å². The number of thioether (sulfide) groups is 1. The summed E-state index contributed by atoms with van der Waals surface area (Å²) in [4.78, 5) is 17.9. The fraction of sp³-hybridized carbons (Fsp3) is 0.200. The third kappa shape index (κ3) is 4.16. The highest BCUT2D eigenvalue weighted by Gasteiger charge is 2.30. The lowest BCUT2D eigenvalue weighted by Crippen LogP contribution is -2.14. The van der Waals surface area contributed by atoms with Crippen LogP contribution in [0.5, 0.6) is 0 Å². The van der Waals surface area contributed by atoms with Gasteiger partial charge in [-0.15, -0.1) is 32.9 Å². The van der Waals surface area contributed by atoms with Gasteiger partial charge in [0.15, 0.2) is 16.1 Å². The van der Waals surface area contributed by atoms with Gasteiger partial charge in [0.05, 0.1) is 16.3 Å². The van der Waals surface area contributed by atoms with Crippen LogP contribution < -0.4 is 5.32 Å². The molecule has 0 spiro atoms. The van der Waals surface area contributed by atoms with Gasteiger partial charge in [0.2, 0.25) is 5.91 Å². The Morgan fingerprint density at radius 1 is 1.20 bits per heavy atom. The molecule has 10 heteroatoms. The first kappa shape index (κ1) is 19.4. The standard InChI is InChI=1S/C20H16FN5OS3/c21-13-5-3-12(4-6-13)15-10-29-19(22-15)23-17(27)11-30-20-25-24-18(16-2-1-9-28-16)26(20)14-7-8-14/h1-6,9-10,14H,7-8,11H2,(H,22,23,27). The predicted octanol–water partition coefficient (Wildman–Crippen LogP) is 5.33. The van der Waals surface area contributed by atoms with Gasteiger partial charge in [-0.3, -0.25) is 9.36 Å². The van der Waals surface area contributed by atoms with Gasteiger partial charge in [-0.05, 0) is 48.6 Å². The van der Waals surface area contributed by atoms with Crippen molar-refractivity contribution in [3.8, 4) is 22.0 Å². The molecule has 0 aliphatic heterocycles. The molecule has 3 heterocycles. The van der Waals surface area contributed by atoms with E-state index in [-0.39, 0.29) is 17.5 Å². The summed E-state index contributed by atoms with van der Waals surface area (Å²) < 4.78 is 15.2. The van der Waals surface area contributed by atoms with Crippen molar-refractivity contribution in [1.29, 1.82) is 0 Å². The summed E-state index contributed by atoms with van der Waals surface area (Å²) in [5.74, 6) is 0.656. The average molecular weight is 458 g/mol. The van der Waals surface area contributed by atoms with Crippen LogP contribution in [0.25, 0.3) is 22.0 Å². The molecule has 4 aromatic rings. The van der Waals surface area contributed by atoms with E-state index in [2.05, 4.69) is 25.1 Å². The second-order valence-electron chi connectivity index (χ2n) is 6.77. The first-order valence-corrected chi connectivity index (χ1v) is 12.0. The van der Waals surface area contributed by atoms with E-state index >= 15 is 0 Å². The quantitative estimate of drug-likeness (QED) is 0.380. The molecule has 30 heavy (non-hydrogen) atoms. The van der Waals surface area contributed by atoms with Crippen LogP contribution >= 0.6 is 34.4 Å². The van der Waals surface area contributed by atoms with Crippen LogP contribution in [0.1, 0.15) is 18.9 Å². The first-order chi connectivity index (χ1) is 14.7. The molecule has 1 amide bonds. The van der Waals surface area contributed by atoms with Crippen LogP contribution in [0.15, 0.2) is 52.3 Å². The average Bonchev–Trinajstić information content (AvgIpc) is 3.14. The van der Waals surface area contributed by atoms with E-state index in [1.165, 1.54) is 35.2 Å². The molecule has 5 rings (SSSR count). The Hall–Kier alpha value is -2.56. The molecule has 1 N–H and O–H groups in total. The molecular weight excluding hydrogens is 441 g/mol. The minimum absolute atomic E-state index is 0.150. The van der Waals surface area contributed by atoms with Gasteiger partial charge in [-0.25, -0.2) is 9.37 Å². The number of hydrogen-bond donors (Lipinski definition) is 1. The van der Waals surface area contributed by atoms with Gasteiger partial charge in [0.1, 0.15) is 5.82 Å². The van der Waals surface area contributed by atoms with Crippen molar-refractivity contribution in [3.05, 3.63) is 53.0 Å². The summed E-state index contributed by atoms with van der Waals surface area (Å²) in [5, 5.41) is 16.7. The lowest BCUT2D eigenvalue weighted by atomic mass is 10.2. The fourth-order valence-electron chi connectivity index (χ4n) is 2.98. The van der Waals surface area contributed by atoms with Crippen LogP contribution in [0.3, 0.4) is 0 Å². The van der Waals surface area contributed by atoms with E-state index in [1.54, 1.807) is 23.5 Å². The Kier molecular flexibility index (Phi) is 5.36. The maximum atomic E-state index is 13.1. The number of hydrogen-bond acceptors (Lipinski definition) is 7. The highest BCUT2D eigenvalue weighted by molar-refractivity contribution is 7.99. The molecule has 1 saturated carbocycles. The van der Waals surface area contributed by atoms with Crippen LogP contribution in [0.2, 0.25) is 0 Å². The number of thiophene rings is 1. The number of carbonyl (C=O) groups excluding carboxylic acids is 1. The highest BCUT2D eigenvalue weighted by Crippen LogP contribution is 2.41. The maximum absolute atomic E-state index is 13.1. The Morgan fingerprint density at radius 2 is 2.03 bits per heavy atom. The van der Waals surface area contributed by atoms with Crippen LogP contribution in [0.4, 0.5) is 9.52 Å². The zero-order valence-corrected chi connectivity index (χ0v) is 18.1. The second kappa shape index (κ2) is 8.29. The van der Waals surface area contributed by atoms with Gasteiger partial charge in [-0.2, -0.15) is 0 Å². The van der Waals surface area contributed by atoms with E-state index in [9.17, 15) is 9.18 Å². The summed E-state index contributed by atoms with van der Waals surface area (Å²) in [6, 6.07) is 10.6. The Bertz CT molecular complexity index is 1170. The highest BCUT2D eigenvalue weighted by atomic mass is 32.2. The minimum atomic E-state index is -0.291. The number of rotatable bonds is 7. The van der Waals surface area contributed by atoms with E-state index in [1.807, 2.05) is 22.9 Å². The molecular formula is C20H16FN5OS3. The van der Waals surface area contributed by atoms with Crippen LogP contribution in [0, 0.1) is 5.82 Å². The summed E-state index contributed by atoms with van der Waals surface area (Å²) in [5.41, 5.74) is 1.51. The van der Waals surface area contributed by atoms with Crippen LogP contribution in [-0.2, 0) is 4.79 Å². The zero-order chi connectivity index (χ0) is 20.5. The van der Waals surface area contributed by atoms with Crippen molar-refractivity contribution in [2.24, 2.45) is 0 Å². The second-order valence-corrected chi connectivity index (χ2v) is 9.51. The summed E-state index contributed by atoms with van der Waals surface area (Å²) >= 11 is 4.36. The molecule has 0 atom stereocenters. The number of anilines is 1. The lowest BCUT2D eigenvalue weighted by Gasteiger charge is -2.07. The van der Waals surface area contributed by atoms with Crippen molar-refractivity contribution in [3.63, 3.8) is 0 Å². The molecule has 1 aliphatic carbocycles. The van der Waals surface area contributed by atoms with E-state index in [0.717, 1.165) is 34.3 Å². The predicted molar refractivity (Wildman–Crippen MR) is 118 cm³/mol. The van der Waals surface area contributed by atoms with E-state index in [4.69, 9.17) is 0 Å². The van der Waals surface area contributed by atoms with Crippen LogP contribution in [-0.4, -0.2) is 31.4 Å². The molecule has 3 aromatic heterocycles. The number of aromatic nitrogens is 4. The van der Waals surface area contributed by atoms with E-state index in [0.29, 0.717) is 16.9 Å². The van der Waals surface area contributed by atoms with Crippen molar-refractivity contribution in [1.82, 2.24) is 19.7 Å². The van der Waals surface area contributed by atoms with E-state index < -0.39 is 0 Å². The number of nitrogens with zero attached hydrogens (tertiary/aromatic N) is 4. The third-order valence-corrected chi connectivity index (χ3v) is 7.11. The Labute approximate surface area is 184 Å². The van der Waals surface area contributed by atoms with Crippen molar-refractivity contribution in [2.75, 3.05) is 11.1 Å². The first-order valence-electron chi connectivity index (χ1n) is 9.30. The molecule has 6 nitrogen and oxygen atoms in total. The number of nitrogens with one attached hydrogen (secondary N) is 1.